The molecule has 0 saturated heterocycles. The normalized spacial score (nSPS) is 10.9. The van der Waals surface area contributed by atoms with Crippen molar-refractivity contribution >= 4 is 23.2 Å². The van der Waals surface area contributed by atoms with Gasteiger partial charge in [-0.25, -0.2) is 0 Å². The van der Waals surface area contributed by atoms with E-state index in [4.69, 9.17) is 0 Å². The Bertz CT molecular complexity index is 670. The van der Waals surface area contributed by atoms with E-state index in [1.165, 1.54) is 48.8 Å². The lowest BCUT2D eigenvalue weighted by Crippen LogP contribution is -2.29. The third-order valence-electron chi connectivity index (χ3n) is 2.60. The van der Waals surface area contributed by atoms with E-state index >= 15 is 0 Å². The summed E-state index contributed by atoms with van der Waals surface area (Å²) < 4.78 is 36.3. The lowest BCUT2D eigenvalue weighted by atomic mass is 10.2. The van der Waals surface area contributed by atoms with Crippen molar-refractivity contribution in [3.63, 3.8) is 0 Å². The molecule has 2 aromatic rings. The van der Waals surface area contributed by atoms with Gasteiger partial charge in [0.15, 0.2) is 0 Å². The number of amides is 2. The monoisotopic (exact) mass is 309 g/mol. The average molecular weight is 309 g/mol. The molecule has 114 valence electrons. The van der Waals surface area contributed by atoms with Crippen molar-refractivity contribution in [2.24, 2.45) is 0 Å². The molecule has 2 amide bonds. The minimum atomic E-state index is -4.95. The number of alkyl halides is 3. The summed E-state index contributed by atoms with van der Waals surface area (Å²) in [6.07, 6.45) is -2.02. The van der Waals surface area contributed by atoms with E-state index in [9.17, 15) is 22.8 Å². The Labute approximate surface area is 123 Å². The van der Waals surface area contributed by atoms with Crippen LogP contribution in [0.1, 0.15) is 10.4 Å². The van der Waals surface area contributed by atoms with Gasteiger partial charge in [0.25, 0.3) is 5.91 Å². The lowest BCUT2D eigenvalue weighted by molar-refractivity contribution is -0.167. The number of anilines is 2. The molecule has 2 rings (SSSR count). The van der Waals surface area contributed by atoms with E-state index in [0.29, 0.717) is 11.3 Å². The number of carbonyl (C=O) groups excluding carboxylic acids is 2. The van der Waals surface area contributed by atoms with Gasteiger partial charge in [-0.3, -0.25) is 14.6 Å². The summed E-state index contributed by atoms with van der Waals surface area (Å²) in [5, 5.41) is 4.28. The van der Waals surface area contributed by atoms with Crippen LogP contribution >= 0.6 is 0 Å². The van der Waals surface area contributed by atoms with Gasteiger partial charge in [-0.05, 0) is 36.4 Å². The number of hydrogen-bond acceptors (Lipinski definition) is 3. The van der Waals surface area contributed by atoms with E-state index in [2.05, 4.69) is 10.3 Å². The molecule has 0 atom stereocenters. The van der Waals surface area contributed by atoms with Gasteiger partial charge in [0.05, 0.1) is 0 Å². The zero-order valence-electron chi connectivity index (χ0n) is 11.0. The molecule has 0 aliphatic carbocycles. The third kappa shape index (κ3) is 4.05. The van der Waals surface area contributed by atoms with Crippen molar-refractivity contribution in [3.8, 4) is 0 Å². The number of nitrogens with zero attached hydrogens (tertiary/aromatic N) is 1. The molecular formula is C14H10F3N3O2. The molecule has 0 saturated carbocycles. The van der Waals surface area contributed by atoms with E-state index in [0.717, 1.165) is 0 Å². The molecule has 0 bridgehead atoms. The first-order valence-electron chi connectivity index (χ1n) is 6.06. The van der Waals surface area contributed by atoms with E-state index in [-0.39, 0.29) is 11.6 Å². The number of halogens is 3. The van der Waals surface area contributed by atoms with Crippen LogP contribution in [0.4, 0.5) is 24.5 Å². The predicted octanol–water partition coefficient (Wildman–Crippen LogP) is 2.83. The second-order valence-electron chi connectivity index (χ2n) is 4.22. The maximum atomic E-state index is 12.1. The van der Waals surface area contributed by atoms with Gasteiger partial charge in [-0.2, -0.15) is 13.2 Å². The van der Waals surface area contributed by atoms with Crippen LogP contribution in [0.25, 0.3) is 0 Å². The fourth-order valence-corrected chi connectivity index (χ4v) is 1.55. The van der Waals surface area contributed by atoms with Crippen LogP contribution in [0.5, 0.6) is 0 Å². The standard InChI is InChI=1S/C14H10F3N3O2/c15-14(16,17)13(22)20-11-3-1-10(2-4-11)19-12(21)9-5-7-18-8-6-9/h1-8H,(H,19,21)(H,20,22). The van der Waals surface area contributed by atoms with Crippen LogP contribution in [0.2, 0.25) is 0 Å². The second-order valence-corrected chi connectivity index (χ2v) is 4.22. The highest BCUT2D eigenvalue weighted by Crippen LogP contribution is 2.19. The highest BCUT2D eigenvalue weighted by atomic mass is 19.4. The zero-order chi connectivity index (χ0) is 16.2. The first kappa shape index (κ1) is 15.5. The first-order chi connectivity index (χ1) is 10.4. The summed E-state index contributed by atoms with van der Waals surface area (Å²) in [5.41, 5.74) is 0.750. The Balaban J connectivity index is 2.01. The van der Waals surface area contributed by atoms with Crippen molar-refractivity contribution in [3.05, 3.63) is 54.4 Å². The predicted molar refractivity (Wildman–Crippen MR) is 73.3 cm³/mol. The van der Waals surface area contributed by atoms with Crippen molar-refractivity contribution in [1.82, 2.24) is 4.98 Å². The number of aromatic nitrogens is 1. The molecule has 0 aliphatic rings. The second kappa shape index (κ2) is 6.25. The Kier molecular flexibility index (Phi) is 4.40. The van der Waals surface area contributed by atoms with Crippen molar-refractivity contribution in [2.75, 3.05) is 10.6 Å². The topological polar surface area (TPSA) is 71.1 Å². The zero-order valence-corrected chi connectivity index (χ0v) is 11.0. The van der Waals surface area contributed by atoms with Crippen LogP contribution in [0.15, 0.2) is 48.8 Å². The average Bonchev–Trinajstić information content (AvgIpc) is 2.49. The van der Waals surface area contributed by atoms with Crippen molar-refractivity contribution in [2.45, 2.75) is 6.18 Å². The number of carbonyl (C=O) groups is 2. The summed E-state index contributed by atoms with van der Waals surface area (Å²) in [6.45, 7) is 0. The largest absolute Gasteiger partial charge is 0.471 e. The molecule has 0 spiro atoms. The Morgan fingerprint density at radius 1 is 0.864 bits per heavy atom. The van der Waals surface area contributed by atoms with Gasteiger partial charge in [0.1, 0.15) is 0 Å². The summed E-state index contributed by atoms with van der Waals surface area (Å²) in [6, 6.07) is 8.31. The Morgan fingerprint density at radius 3 is 1.86 bits per heavy atom. The SMILES string of the molecule is O=C(Nc1ccc(NC(=O)C(F)(F)F)cc1)c1ccncc1. The van der Waals surface area contributed by atoms with Gasteiger partial charge in [-0.1, -0.05) is 0 Å². The fourth-order valence-electron chi connectivity index (χ4n) is 1.55. The number of benzene rings is 1. The van der Waals surface area contributed by atoms with Gasteiger partial charge < -0.3 is 10.6 Å². The van der Waals surface area contributed by atoms with Crippen LogP contribution < -0.4 is 10.6 Å². The van der Waals surface area contributed by atoms with Crippen molar-refractivity contribution < 1.29 is 22.8 Å². The minimum absolute atomic E-state index is 0.0239. The maximum absolute atomic E-state index is 12.1. The van der Waals surface area contributed by atoms with Crippen LogP contribution in [-0.4, -0.2) is 23.0 Å². The number of nitrogens with one attached hydrogen (secondary N) is 2. The summed E-state index contributed by atoms with van der Waals surface area (Å²) in [5.74, 6) is -2.43. The van der Waals surface area contributed by atoms with E-state index in [1.54, 1.807) is 5.32 Å². The first-order valence-corrected chi connectivity index (χ1v) is 6.06. The molecule has 8 heteroatoms. The third-order valence-corrected chi connectivity index (χ3v) is 2.60. The quantitative estimate of drug-likeness (QED) is 0.916. The van der Waals surface area contributed by atoms with Crippen molar-refractivity contribution in [1.29, 1.82) is 0 Å². The fraction of sp³-hybridized carbons (Fsp3) is 0.0714. The molecule has 1 heterocycles. The van der Waals surface area contributed by atoms with E-state index < -0.39 is 12.1 Å². The molecule has 0 unspecified atom stereocenters. The summed E-state index contributed by atoms with van der Waals surface area (Å²) >= 11 is 0. The highest BCUT2D eigenvalue weighted by Gasteiger charge is 2.38. The maximum Gasteiger partial charge on any atom is 0.471 e. The molecular weight excluding hydrogens is 299 g/mol. The molecule has 2 N–H and O–H groups in total. The summed E-state index contributed by atoms with van der Waals surface area (Å²) in [7, 11) is 0. The number of pyridine rings is 1. The van der Waals surface area contributed by atoms with E-state index in [1.807, 2.05) is 0 Å². The summed E-state index contributed by atoms with van der Waals surface area (Å²) in [4.78, 5) is 26.4. The number of rotatable bonds is 3. The number of hydrogen-bond donors (Lipinski definition) is 2. The molecule has 0 aliphatic heterocycles. The van der Waals surface area contributed by atoms with Gasteiger partial charge in [0, 0.05) is 29.3 Å². The lowest BCUT2D eigenvalue weighted by Gasteiger charge is -2.09. The smallest absolute Gasteiger partial charge is 0.322 e. The highest BCUT2D eigenvalue weighted by molar-refractivity contribution is 6.04. The molecule has 5 nitrogen and oxygen atoms in total. The van der Waals surface area contributed by atoms with Crippen LogP contribution in [0.3, 0.4) is 0 Å². The van der Waals surface area contributed by atoms with Gasteiger partial charge in [-0.15, -0.1) is 0 Å². The Hall–Kier alpha value is -2.90. The molecule has 0 fully saturated rings. The molecule has 0 radical (unpaired) electrons. The van der Waals surface area contributed by atoms with Gasteiger partial charge >= 0.3 is 12.1 Å². The molecule has 22 heavy (non-hydrogen) atoms. The van der Waals surface area contributed by atoms with Crippen LogP contribution in [-0.2, 0) is 4.79 Å². The molecule has 1 aromatic heterocycles. The van der Waals surface area contributed by atoms with Gasteiger partial charge in [0.2, 0.25) is 0 Å². The molecule has 1 aromatic carbocycles. The Morgan fingerprint density at radius 2 is 1.36 bits per heavy atom. The van der Waals surface area contributed by atoms with Crippen LogP contribution in [0, 0.1) is 0 Å². The minimum Gasteiger partial charge on any atom is -0.322 e.